The molecular weight excluding hydrogens is 258 g/mol. The Labute approximate surface area is 97.9 Å². The van der Waals surface area contributed by atoms with Gasteiger partial charge in [0.2, 0.25) is 0 Å². The van der Waals surface area contributed by atoms with Crippen molar-refractivity contribution in [3.63, 3.8) is 0 Å². The smallest absolute Gasteiger partial charge is 0.287 e. The molecule has 0 saturated carbocycles. The third kappa shape index (κ3) is 3.91. The largest absolute Gasteiger partial charge is 0.496 e. The van der Waals surface area contributed by atoms with Crippen molar-refractivity contribution in [3.05, 3.63) is 29.3 Å². The van der Waals surface area contributed by atoms with Crippen LogP contribution in [0.3, 0.4) is 0 Å². The Morgan fingerprint density at radius 1 is 1.53 bits per heavy atom. The van der Waals surface area contributed by atoms with Gasteiger partial charge < -0.3 is 10.1 Å². The van der Waals surface area contributed by atoms with Gasteiger partial charge in [0.25, 0.3) is 4.82 Å². The van der Waals surface area contributed by atoms with Gasteiger partial charge in [0.15, 0.2) is 0 Å². The van der Waals surface area contributed by atoms with Crippen molar-refractivity contribution in [1.29, 1.82) is 0 Å². The van der Waals surface area contributed by atoms with Crippen LogP contribution in [0.15, 0.2) is 18.2 Å². The number of nitrogens with one attached hydrogen (secondary N) is 1. The van der Waals surface area contributed by atoms with Crippen LogP contribution in [0.2, 0.25) is 0 Å². The molecule has 4 heteroatoms. The molecule has 1 rings (SSSR count). The first-order valence-electron chi connectivity index (χ1n) is 4.70. The van der Waals surface area contributed by atoms with Gasteiger partial charge in [-0.1, -0.05) is 12.1 Å². The molecule has 0 saturated heterocycles. The number of rotatable bonds is 4. The molecule has 0 aliphatic carbocycles. The summed E-state index contributed by atoms with van der Waals surface area (Å²) in [5.41, 5.74) is 2.30. The molecule has 1 amide bonds. The minimum absolute atomic E-state index is 0.173. The molecule has 0 fully saturated rings. The van der Waals surface area contributed by atoms with Crippen LogP contribution in [0.5, 0.6) is 5.75 Å². The van der Waals surface area contributed by atoms with Gasteiger partial charge in [-0.25, -0.2) is 0 Å². The minimum Gasteiger partial charge on any atom is -0.496 e. The maximum atomic E-state index is 10.6. The van der Waals surface area contributed by atoms with Crippen LogP contribution in [0.4, 0.5) is 4.79 Å². The summed E-state index contributed by atoms with van der Waals surface area (Å²) < 4.78 is 5.17. The maximum absolute atomic E-state index is 10.6. The van der Waals surface area contributed by atoms with Gasteiger partial charge in [0.1, 0.15) is 5.75 Å². The van der Waals surface area contributed by atoms with Crippen molar-refractivity contribution in [3.8, 4) is 5.75 Å². The molecule has 1 aromatic rings. The Hall–Kier alpha value is -1.03. The predicted octanol–water partition coefficient (Wildman–Crippen LogP) is 2.65. The van der Waals surface area contributed by atoms with Gasteiger partial charge in [0, 0.05) is 22.5 Å². The van der Waals surface area contributed by atoms with E-state index in [0.717, 1.165) is 17.7 Å². The summed E-state index contributed by atoms with van der Waals surface area (Å²) >= 11 is 2.82. The van der Waals surface area contributed by atoms with Crippen molar-refractivity contribution in [1.82, 2.24) is 5.32 Å². The fourth-order valence-corrected chi connectivity index (χ4v) is 1.60. The fourth-order valence-electron chi connectivity index (χ4n) is 1.40. The first kappa shape index (κ1) is 12.0. The van der Waals surface area contributed by atoms with E-state index in [4.69, 9.17) is 4.74 Å². The number of aryl methyl sites for hydroxylation is 1. The first-order valence-corrected chi connectivity index (χ1v) is 5.49. The number of halogens is 1. The molecule has 0 atom stereocenters. The molecule has 3 nitrogen and oxygen atoms in total. The summed E-state index contributed by atoms with van der Waals surface area (Å²) in [6, 6.07) is 6.02. The van der Waals surface area contributed by atoms with Crippen LogP contribution in [0, 0.1) is 6.92 Å². The van der Waals surface area contributed by atoms with Crippen LogP contribution in [-0.4, -0.2) is 18.5 Å². The Morgan fingerprint density at radius 2 is 2.27 bits per heavy atom. The third-order valence-electron chi connectivity index (χ3n) is 2.14. The van der Waals surface area contributed by atoms with Crippen LogP contribution in [0.25, 0.3) is 0 Å². The molecular formula is C11H14BrNO2. The lowest BCUT2D eigenvalue weighted by Gasteiger charge is -2.07. The topological polar surface area (TPSA) is 38.3 Å². The molecule has 15 heavy (non-hydrogen) atoms. The minimum atomic E-state index is -0.173. The lowest BCUT2D eigenvalue weighted by molar-refractivity contribution is 0.262. The zero-order valence-corrected chi connectivity index (χ0v) is 10.4. The molecule has 0 bridgehead atoms. The van der Waals surface area contributed by atoms with E-state index in [1.54, 1.807) is 7.11 Å². The summed E-state index contributed by atoms with van der Waals surface area (Å²) in [7, 11) is 1.66. The van der Waals surface area contributed by atoms with Crippen molar-refractivity contribution in [2.24, 2.45) is 0 Å². The van der Waals surface area contributed by atoms with E-state index in [9.17, 15) is 4.79 Å². The van der Waals surface area contributed by atoms with E-state index in [1.165, 1.54) is 5.56 Å². The average Bonchev–Trinajstić information content (AvgIpc) is 2.17. The third-order valence-corrected chi connectivity index (χ3v) is 2.42. The number of benzene rings is 1. The van der Waals surface area contributed by atoms with E-state index >= 15 is 0 Å². The molecule has 0 aliphatic heterocycles. The Morgan fingerprint density at radius 3 is 2.80 bits per heavy atom. The van der Waals surface area contributed by atoms with Crippen molar-refractivity contribution < 1.29 is 9.53 Å². The molecule has 0 aromatic heterocycles. The summed E-state index contributed by atoms with van der Waals surface area (Å²) in [6.07, 6.45) is 0.822. The van der Waals surface area contributed by atoms with Crippen LogP contribution in [-0.2, 0) is 6.42 Å². The number of carbonyl (C=O) groups is 1. The average molecular weight is 272 g/mol. The highest BCUT2D eigenvalue weighted by Crippen LogP contribution is 2.18. The maximum Gasteiger partial charge on any atom is 0.287 e. The second-order valence-electron chi connectivity index (χ2n) is 3.25. The second kappa shape index (κ2) is 5.75. The molecule has 0 heterocycles. The summed E-state index contributed by atoms with van der Waals surface area (Å²) in [4.78, 5) is 10.4. The highest BCUT2D eigenvalue weighted by Gasteiger charge is 2.00. The monoisotopic (exact) mass is 271 g/mol. The Balaban J connectivity index is 2.55. The number of ether oxygens (including phenoxy) is 1. The highest BCUT2D eigenvalue weighted by molar-refractivity contribution is 9.18. The van der Waals surface area contributed by atoms with Gasteiger partial charge in [0.05, 0.1) is 7.11 Å². The van der Waals surface area contributed by atoms with Gasteiger partial charge >= 0.3 is 0 Å². The zero-order chi connectivity index (χ0) is 11.3. The van der Waals surface area contributed by atoms with Crippen LogP contribution in [0.1, 0.15) is 11.1 Å². The van der Waals surface area contributed by atoms with Crippen molar-refractivity contribution in [2.45, 2.75) is 13.3 Å². The number of carbonyl (C=O) groups excluding carboxylic acids is 1. The standard InChI is InChI=1S/C11H14BrNO2/c1-8-7-9(3-4-10(8)15-2)5-6-13-11(12)14/h3-4,7H,5-6H2,1-2H3,(H,13,14). The number of methoxy groups -OCH3 is 1. The molecule has 0 unspecified atom stereocenters. The van der Waals surface area contributed by atoms with Gasteiger partial charge in [-0.05, 0) is 30.5 Å². The van der Waals surface area contributed by atoms with E-state index in [0.29, 0.717) is 6.54 Å². The molecule has 0 aliphatic rings. The lowest BCUT2D eigenvalue weighted by Crippen LogP contribution is -2.18. The molecule has 0 spiro atoms. The molecule has 0 radical (unpaired) electrons. The second-order valence-corrected chi connectivity index (χ2v) is 3.97. The van der Waals surface area contributed by atoms with Gasteiger partial charge in [-0.3, -0.25) is 4.79 Å². The molecule has 1 aromatic carbocycles. The van der Waals surface area contributed by atoms with E-state index < -0.39 is 0 Å². The predicted molar refractivity (Wildman–Crippen MR) is 63.8 cm³/mol. The lowest BCUT2D eigenvalue weighted by atomic mass is 10.1. The first-order chi connectivity index (χ1) is 7.13. The summed E-state index contributed by atoms with van der Waals surface area (Å²) in [6.45, 7) is 2.64. The Kier molecular flexibility index (Phi) is 4.62. The summed E-state index contributed by atoms with van der Waals surface area (Å²) in [5.74, 6) is 0.892. The number of hydrogen-bond acceptors (Lipinski definition) is 2. The quantitative estimate of drug-likeness (QED) is 0.676. The highest BCUT2D eigenvalue weighted by atomic mass is 79.9. The number of hydrogen-bond donors (Lipinski definition) is 1. The van der Waals surface area contributed by atoms with E-state index in [2.05, 4.69) is 27.3 Å². The van der Waals surface area contributed by atoms with Crippen molar-refractivity contribution >= 4 is 20.7 Å². The van der Waals surface area contributed by atoms with Gasteiger partial charge in [-0.15, -0.1) is 0 Å². The number of amides is 1. The normalized spacial score (nSPS) is 9.80. The van der Waals surface area contributed by atoms with E-state index in [-0.39, 0.29) is 4.82 Å². The SMILES string of the molecule is COc1ccc(CCNC(=O)Br)cc1C. The van der Waals surface area contributed by atoms with Crippen LogP contribution < -0.4 is 10.1 Å². The van der Waals surface area contributed by atoms with Gasteiger partial charge in [-0.2, -0.15) is 0 Å². The van der Waals surface area contributed by atoms with E-state index in [1.807, 2.05) is 19.1 Å². The zero-order valence-electron chi connectivity index (χ0n) is 8.84. The molecule has 1 N–H and O–H groups in total. The Bertz CT molecular complexity index is 352. The molecule has 82 valence electrons. The fraction of sp³-hybridized carbons (Fsp3) is 0.364. The van der Waals surface area contributed by atoms with Crippen LogP contribution >= 0.6 is 15.9 Å². The summed E-state index contributed by atoms with van der Waals surface area (Å²) in [5, 5.41) is 2.69. The van der Waals surface area contributed by atoms with Crippen molar-refractivity contribution in [2.75, 3.05) is 13.7 Å².